The largest absolute Gasteiger partial charge is 0.480 e. The number of rotatable bonds is 23. The Labute approximate surface area is 250 Å². The molecule has 10 nitrogen and oxygen atoms in total. The Morgan fingerprint density at radius 1 is 0.780 bits per heavy atom. The Morgan fingerprint density at radius 2 is 1.27 bits per heavy atom. The van der Waals surface area contributed by atoms with Gasteiger partial charge in [0.05, 0.1) is 18.1 Å². The molecule has 0 aliphatic carbocycles. The number of aliphatic carboxylic acids is 3. The molecule has 0 bridgehead atoms. The van der Waals surface area contributed by atoms with Crippen molar-refractivity contribution in [3.05, 3.63) is 29.8 Å². The van der Waals surface area contributed by atoms with E-state index >= 15 is 0 Å². The molecule has 0 fully saturated rings. The fourth-order valence-electron chi connectivity index (χ4n) is 4.94. The van der Waals surface area contributed by atoms with Crippen LogP contribution < -0.4 is 5.32 Å². The first-order valence-electron chi connectivity index (χ1n) is 14.8. The van der Waals surface area contributed by atoms with Crippen LogP contribution in [0.4, 0.5) is 5.69 Å². The summed E-state index contributed by atoms with van der Waals surface area (Å²) in [7, 11) is 0. The van der Waals surface area contributed by atoms with Gasteiger partial charge >= 0.3 is 17.9 Å². The SMILES string of the molecule is CCCN(CCN(CCN(CCC)CC(=O)O)C(CCc1ccc(NC(=S)C(CC)CC)cc1)C(=O)O)CC(=O)O. The molecule has 1 unspecified atom stereocenters. The van der Waals surface area contributed by atoms with Crippen molar-refractivity contribution >= 4 is 40.8 Å². The minimum absolute atomic E-state index is 0.110. The molecule has 1 aromatic carbocycles. The van der Waals surface area contributed by atoms with E-state index in [1.807, 2.05) is 52.8 Å². The molecule has 232 valence electrons. The third kappa shape index (κ3) is 14.7. The highest BCUT2D eigenvalue weighted by atomic mass is 32.1. The van der Waals surface area contributed by atoms with E-state index in [9.17, 15) is 29.7 Å². The van der Waals surface area contributed by atoms with Crippen molar-refractivity contribution in [1.29, 1.82) is 0 Å². The zero-order valence-corrected chi connectivity index (χ0v) is 26.0. The standard InChI is InChI=1S/C30H50N4O6S/c1-5-15-32(21-27(35)36)17-19-34(20-18-33(16-6-2)22-28(37)38)26(30(39)40)14-11-23-9-12-25(13-10-23)31-29(41)24(7-3)8-4/h9-10,12-13,24,26H,5-8,11,14-22H2,1-4H3,(H,31,41)(H,35,36)(H,37,38)(H,39,40). The van der Waals surface area contributed by atoms with Crippen LogP contribution in [0.15, 0.2) is 24.3 Å². The summed E-state index contributed by atoms with van der Waals surface area (Å²) < 4.78 is 0. The van der Waals surface area contributed by atoms with Crippen LogP contribution in [0.25, 0.3) is 0 Å². The third-order valence-corrected chi connectivity index (χ3v) is 7.65. The van der Waals surface area contributed by atoms with E-state index in [1.165, 1.54) is 0 Å². The molecule has 0 saturated heterocycles. The molecule has 0 radical (unpaired) electrons. The number of benzene rings is 1. The highest BCUT2D eigenvalue weighted by Crippen LogP contribution is 2.18. The minimum Gasteiger partial charge on any atom is -0.480 e. The molecule has 1 rings (SSSR count). The smallest absolute Gasteiger partial charge is 0.320 e. The molecule has 0 aliphatic rings. The fourth-order valence-corrected chi connectivity index (χ4v) is 5.39. The Kier molecular flexibility index (Phi) is 18.0. The number of nitrogens with one attached hydrogen (secondary N) is 1. The third-order valence-electron chi connectivity index (χ3n) is 7.21. The normalized spacial score (nSPS) is 12.3. The molecule has 0 aliphatic heterocycles. The minimum atomic E-state index is -0.945. The molecule has 0 heterocycles. The maximum atomic E-state index is 12.5. The van der Waals surface area contributed by atoms with Crippen LogP contribution in [0.5, 0.6) is 0 Å². The Bertz CT molecular complexity index is 911. The summed E-state index contributed by atoms with van der Waals surface area (Å²) in [5, 5.41) is 32.1. The predicted octanol–water partition coefficient (Wildman–Crippen LogP) is 4.14. The van der Waals surface area contributed by atoms with Crippen molar-refractivity contribution in [3.8, 4) is 0 Å². The lowest BCUT2D eigenvalue weighted by Crippen LogP contribution is -2.49. The molecule has 41 heavy (non-hydrogen) atoms. The first-order chi connectivity index (χ1) is 19.5. The Balaban J connectivity index is 3.01. The summed E-state index contributed by atoms with van der Waals surface area (Å²) in [6, 6.07) is 7.08. The molecule has 0 saturated carbocycles. The van der Waals surface area contributed by atoms with Crippen molar-refractivity contribution in [2.45, 2.75) is 72.3 Å². The van der Waals surface area contributed by atoms with Crippen molar-refractivity contribution in [3.63, 3.8) is 0 Å². The summed E-state index contributed by atoms with van der Waals surface area (Å²) >= 11 is 5.54. The zero-order chi connectivity index (χ0) is 30.8. The number of hydrogen-bond donors (Lipinski definition) is 4. The van der Waals surface area contributed by atoms with Crippen LogP contribution in [-0.2, 0) is 20.8 Å². The summed E-state index contributed by atoms with van der Waals surface area (Å²) in [6.45, 7) is 10.7. The van der Waals surface area contributed by atoms with Gasteiger partial charge in [0, 0.05) is 37.8 Å². The van der Waals surface area contributed by atoms with Gasteiger partial charge in [0.1, 0.15) is 6.04 Å². The molecule has 1 aromatic rings. The second kappa shape index (κ2) is 20.3. The highest BCUT2D eigenvalue weighted by molar-refractivity contribution is 7.80. The summed E-state index contributed by atoms with van der Waals surface area (Å²) in [6.07, 6.45) is 4.44. The number of aryl methyl sites for hydroxylation is 1. The van der Waals surface area contributed by atoms with Crippen LogP contribution in [-0.4, -0.2) is 111 Å². The van der Waals surface area contributed by atoms with Crippen molar-refractivity contribution in [1.82, 2.24) is 14.7 Å². The Morgan fingerprint density at radius 3 is 1.66 bits per heavy atom. The van der Waals surface area contributed by atoms with E-state index in [2.05, 4.69) is 19.2 Å². The van der Waals surface area contributed by atoms with Gasteiger partial charge in [-0.15, -0.1) is 0 Å². The van der Waals surface area contributed by atoms with Crippen LogP contribution in [0.2, 0.25) is 0 Å². The van der Waals surface area contributed by atoms with Crippen LogP contribution in [0.3, 0.4) is 0 Å². The van der Waals surface area contributed by atoms with Crippen LogP contribution >= 0.6 is 12.2 Å². The van der Waals surface area contributed by atoms with E-state index in [4.69, 9.17) is 12.2 Å². The quantitative estimate of drug-likeness (QED) is 0.136. The summed E-state index contributed by atoms with van der Waals surface area (Å²) in [5.41, 5.74) is 1.91. The lowest BCUT2D eigenvalue weighted by molar-refractivity contribution is -0.145. The van der Waals surface area contributed by atoms with Gasteiger partial charge in [0.2, 0.25) is 0 Å². The monoisotopic (exact) mass is 594 g/mol. The molecule has 0 spiro atoms. The van der Waals surface area contributed by atoms with Gasteiger partial charge in [-0.3, -0.25) is 29.1 Å². The summed E-state index contributed by atoms with van der Waals surface area (Å²) in [5.74, 6) is -2.46. The first kappa shape index (κ1) is 36.4. The second-order valence-corrected chi connectivity index (χ2v) is 10.9. The number of anilines is 1. The van der Waals surface area contributed by atoms with Crippen molar-refractivity contribution < 1.29 is 29.7 Å². The highest BCUT2D eigenvalue weighted by Gasteiger charge is 2.27. The average Bonchev–Trinajstić information content (AvgIpc) is 2.90. The first-order valence-corrected chi connectivity index (χ1v) is 15.2. The molecule has 11 heteroatoms. The van der Waals surface area contributed by atoms with Gasteiger partial charge in [0.15, 0.2) is 0 Å². The molecule has 1 atom stereocenters. The van der Waals surface area contributed by atoms with Crippen molar-refractivity contribution in [2.75, 3.05) is 57.7 Å². The molecule has 0 aromatic heterocycles. The number of hydrogen-bond acceptors (Lipinski definition) is 7. The van der Waals surface area contributed by atoms with Crippen molar-refractivity contribution in [2.24, 2.45) is 5.92 Å². The average molecular weight is 595 g/mol. The fraction of sp³-hybridized carbons (Fsp3) is 0.667. The molecular weight excluding hydrogens is 544 g/mol. The molecule has 0 amide bonds. The van der Waals surface area contributed by atoms with Gasteiger partial charge in [-0.05, 0) is 69.3 Å². The lowest BCUT2D eigenvalue weighted by Gasteiger charge is -2.33. The number of carboxylic acids is 3. The number of carboxylic acid groups (broad SMARTS) is 3. The van der Waals surface area contributed by atoms with Crippen LogP contribution in [0, 0.1) is 5.92 Å². The molecule has 4 N–H and O–H groups in total. The van der Waals surface area contributed by atoms with E-state index in [0.717, 1.165) is 41.9 Å². The number of carbonyl (C=O) groups is 3. The Hall–Kier alpha value is -2.60. The van der Waals surface area contributed by atoms with Gasteiger partial charge < -0.3 is 20.6 Å². The lowest BCUT2D eigenvalue weighted by atomic mass is 10.0. The topological polar surface area (TPSA) is 134 Å². The maximum absolute atomic E-state index is 12.5. The van der Waals surface area contributed by atoms with E-state index in [0.29, 0.717) is 58.0 Å². The van der Waals surface area contributed by atoms with Gasteiger partial charge in [0.25, 0.3) is 0 Å². The molecular formula is C30H50N4O6S. The van der Waals surface area contributed by atoms with Gasteiger partial charge in [-0.1, -0.05) is 52.0 Å². The number of thiocarbonyl (C=S) groups is 1. The summed E-state index contributed by atoms with van der Waals surface area (Å²) in [4.78, 5) is 41.5. The van der Waals surface area contributed by atoms with Gasteiger partial charge in [-0.2, -0.15) is 0 Å². The predicted molar refractivity (Wildman–Crippen MR) is 167 cm³/mol. The maximum Gasteiger partial charge on any atom is 0.320 e. The number of nitrogens with zero attached hydrogens (tertiary/aromatic N) is 3. The van der Waals surface area contributed by atoms with E-state index < -0.39 is 23.9 Å². The van der Waals surface area contributed by atoms with Gasteiger partial charge in [-0.25, -0.2) is 0 Å². The second-order valence-electron chi connectivity index (χ2n) is 10.5. The zero-order valence-electron chi connectivity index (χ0n) is 25.2. The van der Waals surface area contributed by atoms with Crippen LogP contribution in [0.1, 0.15) is 65.4 Å². The van der Waals surface area contributed by atoms with E-state index in [1.54, 1.807) is 0 Å². The van der Waals surface area contributed by atoms with E-state index in [-0.39, 0.29) is 13.1 Å².